The Morgan fingerprint density at radius 1 is 1.12 bits per heavy atom. The van der Waals surface area contributed by atoms with Crippen LogP contribution in [-0.4, -0.2) is 71.9 Å². The number of nitrogens with zero attached hydrogens (tertiary/aromatic N) is 1. The van der Waals surface area contributed by atoms with E-state index in [0.29, 0.717) is 43.9 Å². The number of rotatable bonds is 9. The molecule has 0 bridgehead atoms. The molecule has 0 spiro atoms. The molecule has 5 atom stereocenters. The first kappa shape index (κ1) is 35.1. The van der Waals surface area contributed by atoms with Gasteiger partial charge in [-0.15, -0.1) is 0 Å². The lowest BCUT2D eigenvalue weighted by Crippen LogP contribution is -2.61. The highest BCUT2D eigenvalue weighted by molar-refractivity contribution is 6.30. The van der Waals surface area contributed by atoms with E-state index in [2.05, 4.69) is 10.6 Å². The number of carbonyl (C=O) groups excluding carboxylic acids is 3. The van der Waals surface area contributed by atoms with E-state index in [1.54, 1.807) is 44.9 Å². The molecule has 1 heterocycles. The molecule has 3 N–H and O–H groups in total. The molecule has 1 saturated carbocycles. The zero-order chi connectivity index (χ0) is 32.4. The minimum Gasteiger partial charge on any atom is -0.444 e. The van der Waals surface area contributed by atoms with Gasteiger partial charge in [-0.25, -0.2) is 4.79 Å². The maximum atomic E-state index is 13.9. The van der Waals surface area contributed by atoms with Crippen LogP contribution in [0.5, 0.6) is 0 Å². The Bertz CT molecular complexity index is 1150. The third-order valence-electron chi connectivity index (χ3n) is 9.45. The SMILES string of the molecule is COC1(C(C)CNC(=O)OC(C)(C)C)CCCC1C(=O)NC(C(=O)N1CCC(O)(c2ccc(Cl)cc2)C(C)(C)C1)C(C)C. The lowest BCUT2D eigenvalue weighted by atomic mass is 9.66. The van der Waals surface area contributed by atoms with Crippen molar-refractivity contribution in [3.8, 4) is 0 Å². The molecule has 5 unspecified atom stereocenters. The summed E-state index contributed by atoms with van der Waals surface area (Å²) < 4.78 is 11.4. The number of amides is 3. The summed E-state index contributed by atoms with van der Waals surface area (Å²) in [4.78, 5) is 41.9. The molecule has 1 aliphatic heterocycles. The molecule has 1 aromatic carbocycles. The van der Waals surface area contributed by atoms with Crippen molar-refractivity contribution in [3.05, 3.63) is 34.9 Å². The summed E-state index contributed by atoms with van der Waals surface area (Å²) in [7, 11) is 1.61. The minimum absolute atomic E-state index is 0.152. The third kappa shape index (κ3) is 7.66. The standard InChI is InChI=1S/C33H52ClN3O6/c1-21(2)26(28(39)37-18-17-33(41,31(7,8)20-37)23-12-14-24(34)15-13-23)36-27(38)25-11-10-16-32(25,42-9)22(3)19-35-29(40)43-30(4,5)6/h12-15,21-22,25-26,41H,10-11,16-20H2,1-9H3,(H,35,40)(H,36,38). The number of alkyl carbamates (subject to hydrolysis) is 1. The maximum absolute atomic E-state index is 13.9. The molecular formula is C33H52ClN3O6. The lowest BCUT2D eigenvalue weighted by molar-refractivity contribution is -0.158. The summed E-state index contributed by atoms with van der Waals surface area (Å²) in [6.45, 7) is 16.1. The van der Waals surface area contributed by atoms with Crippen molar-refractivity contribution in [2.45, 2.75) is 104 Å². The molecule has 1 saturated heterocycles. The smallest absolute Gasteiger partial charge is 0.407 e. The van der Waals surface area contributed by atoms with Gasteiger partial charge in [-0.1, -0.05) is 58.4 Å². The van der Waals surface area contributed by atoms with Crippen LogP contribution in [0.4, 0.5) is 4.79 Å². The van der Waals surface area contributed by atoms with Crippen molar-refractivity contribution in [2.75, 3.05) is 26.7 Å². The second-order valence-corrected chi connectivity index (χ2v) is 14.8. The molecule has 3 amide bonds. The van der Waals surface area contributed by atoms with E-state index in [-0.39, 0.29) is 23.7 Å². The number of halogens is 1. The molecule has 0 radical (unpaired) electrons. The summed E-state index contributed by atoms with van der Waals surface area (Å²) in [6.07, 6.45) is 1.95. The van der Waals surface area contributed by atoms with E-state index >= 15 is 0 Å². The predicted octanol–water partition coefficient (Wildman–Crippen LogP) is 5.27. The van der Waals surface area contributed by atoms with Gasteiger partial charge in [-0.3, -0.25) is 9.59 Å². The van der Waals surface area contributed by atoms with Gasteiger partial charge in [0, 0.05) is 43.1 Å². The molecular weight excluding hydrogens is 570 g/mol. The van der Waals surface area contributed by atoms with Crippen LogP contribution < -0.4 is 10.6 Å². The number of likely N-dealkylation sites (tertiary alicyclic amines) is 1. The van der Waals surface area contributed by atoms with Crippen molar-refractivity contribution in [1.29, 1.82) is 0 Å². The van der Waals surface area contributed by atoms with E-state index < -0.39 is 40.3 Å². The highest BCUT2D eigenvalue weighted by Gasteiger charge is 2.53. The molecule has 9 nitrogen and oxygen atoms in total. The van der Waals surface area contributed by atoms with Crippen LogP contribution in [0, 0.1) is 23.2 Å². The minimum atomic E-state index is -1.13. The van der Waals surface area contributed by atoms with E-state index in [1.165, 1.54) is 0 Å². The quantitative estimate of drug-likeness (QED) is 0.346. The van der Waals surface area contributed by atoms with E-state index in [4.69, 9.17) is 21.1 Å². The van der Waals surface area contributed by atoms with Gasteiger partial charge in [0.25, 0.3) is 0 Å². The summed E-state index contributed by atoms with van der Waals surface area (Å²) in [5.74, 6) is -1.18. The van der Waals surface area contributed by atoms with Crippen LogP contribution in [-0.2, 0) is 24.7 Å². The summed E-state index contributed by atoms with van der Waals surface area (Å²) in [5, 5.41) is 18.3. The van der Waals surface area contributed by atoms with Gasteiger partial charge in [0.15, 0.2) is 0 Å². The van der Waals surface area contributed by atoms with Crippen LogP contribution in [0.25, 0.3) is 0 Å². The first-order chi connectivity index (χ1) is 19.9. The summed E-state index contributed by atoms with van der Waals surface area (Å²) >= 11 is 6.08. The molecule has 1 aliphatic carbocycles. The second-order valence-electron chi connectivity index (χ2n) is 14.4. The Hall–Kier alpha value is -2.36. The number of carbonyl (C=O) groups is 3. The molecule has 242 valence electrons. The summed E-state index contributed by atoms with van der Waals surface area (Å²) in [6, 6.07) is 6.49. The number of nitrogens with one attached hydrogen (secondary N) is 2. The predicted molar refractivity (Wildman–Crippen MR) is 168 cm³/mol. The zero-order valence-corrected chi connectivity index (χ0v) is 28.1. The number of piperidine rings is 1. The highest BCUT2D eigenvalue weighted by atomic mass is 35.5. The maximum Gasteiger partial charge on any atom is 0.407 e. The first-order valence-electron chi connectivity index (χ1n) is 15.5. The van der Waals surface area contributed by atoms with Crippen molar-refractivity contribution in [1.82, 2.24) is 15.5 Å². The van der Waals surface area contributed by atoms with Gasteiger partial charge < -0.3 is 30.1 Å². The fourth-order valence-corrected chi connectivity index (χ4v) is 6.97. The molecule has 0 aromatic heterocycles. The fraction of sp³-hybridized carbons (Fsp3) is 0.727. The molecule has 2 fully saturated rings. The normalized spacial score (nSPS) is 27.0. The average Bonchev–Trinajstić information content (AvgIpc) is 3.36. The molecule has 2 aliphatic rings. The van der Waals surface area contributed by atoms with Gasteiger partial charge in [0.2, 0.25) is 11.8 Å². The number of hydrogen-bond donors (Lipinski definition) is 3. The number of methoxy groups -OCH3 is 1. The Kier molecular flexibility index (Phi) is 10.9. The van der Waals surface area contributed by atoms with Gasteiger partial charge >= 0.3 is 6.09 Å². The van der Waals surface area contributed by atoms with Gasteiger partial charge in [0.1, 0.15) is 11.6 Å². The van der Waals surface area contributed by atoms with E-state index in [9.17, 15) is 19.5 Å². The van der Waals surface area contributed by atoms with Gasteiger partial charge in [0.05, 0.1) is 17.1 Å². The molecule has 43 heavy (non-hydrogen) atoms. The fourth-order valence-electron chi connectivity index (χ4n) is 6.85. The van der Waals surface area contributed by atoms with Crippen LogP contribution >= 0.6 is 11.6 Å². The number of benzene rings is 1. The Morgan fingerprint density at radius 3 is 2.28 bits per heavy atom. The van der Waals surface area contributed by atoms with Crippen molar-refractivity contribution in [2.24, 2.45) is 23.2 Å². The van der Waals surface area contributed by atoms with Crippen molar-refractivity contribution >= 4 is 29.5 Å². The van der Waals surface area contributed by atoms with Crippen LogP contribution in [0.15, 0.2) is 24.3 Å². The molecule has 1 aromatic rings. The van der Waals surface area contributed by atoms with Crippen LogP contribution in [0.1, 0.15) is 86.6 Å². The second kappa shape index (κ2) is 13.3. The zero-order valence-electron chi connectivity index (χ0n) is 27.4. The first-order valence-corrected chi connectivity index (χ1v) is 15.8. The number of hydrogen-bond acceptors (Lipinski definition) is 6. The average molecular weight is 622 g/mol. The largest absolute Gasteiger partial charge is 0.444 e. The summed E-state index contributed by atoms with van der Waals surface area (Å²) in [5.41, 5.74) is -2.40. The van der Waals surface area contributed by atoms with E-state index in [1.807, 2.05) is 46.8 Å². The molecule has 3 rings (SSSR count). The lowest BCUT2D eigenvalue weighted by Gasteiger charge is -2.51. The number of aliphatic hydroxyl groups is 1. The van der Waals surface area contributed by atoms with Crippen molar-refractivity contribution < 1.29 is 29.0 Å². The van der Waals surface area contributed by atoms with Crippen LogP contribution in [0.3, 0.4) is 0 Å². The number of ether oxygens (including phenoxy) is 2. The highest BCUT2D eigenvalue weighted by Crippen LogP contribution is 2.47. The van der Waals surface area contributed by atoms with Crippen LogP contribution in [0.2, 0.25) is 5.02 Å². The molecule has 10 heteroatoms. The topological polar surface area (TPSA) is 117 Å². The Morgan fingerprint density at radius 2 is 1.74 bits per heavy atom. The van der Waals surface area contributed by atoms with Gasteiger partial charge in [-0.2, -0.15) is 0 Å². The Balaban J connectivity index is 1.72. The van der Waals surface area contributed by atoms with E-state index in [0.717, 1.165) is 12.0 Å². The Labute approximate surface area is 262 Å². The van der Waals surface area contributed by atoms with Crippen molar-refractivity contribution in [3.63, 3.8) is 0 Å². The third-order valence-corrected chi connectivity index (χ3v) is 9.70. The van der Waals surface area contributed by atoms with Gasteiger partial charge in [-0.05, 0) is 70.1 Å². The monoisotopic (exact) mass is 621 g/mol.